The number of nitrogens with zero attached hydrogens (tertiary/aromatic N) is 1. The second-order valence-corrected chi connectivity index (χ2v) is 5.17. The van der Waals surface area contributed by atoms with Crippen molar-refractivity contribution in [1.82, 2.24) is 15.5 Å². The number of hydrogen-bond donors (Lipinski definition) is 2. The van der Waals surface area contributed by atoms with Crippen LogP contribution in [-0.4, -0.2) is 49.4 Å². The van der Waals surface area contributed by atoms with E-state index in [-0.39, 0.29) is 11.8 Å². The first kappa shape index (κ1) is 15.3. The summed E-state index contributed by atoms with van der Waals surface area (Å²) in [5, 5.41) is 5.88. The number of carbonyl (C=O) groups is 2. The number of benzene rings is 1. The highest BCUT2D eigenvalue weighted by molar-refractivity contribution is 5.94. The normalized spacial score (nSPS) is 18.8. The summed E-state index contributed by atoms with van der Waals surface area (Å²) in [4.78, 5) is 25.4. The Balaban J connectivity index is 1.97. The van der Waals surface area contributed by atoms with Gasteiger partial charge in [-0.1, -0.05) is 12.1 Å². The van der Waals surface area contributed by atoms with Crippen molar-refractivity contribution in [1.29, 1.82) is 0 Å². The van der Waals surface area contributed by atoms with Crippen LogP contribution < -0.4 is 10.6 Å². The molecule has 1 aromatic carbocycles. The maximum atomic E-state index is 12.1. The summed E-state index contributed by atoms with van der Waals surface area (Å²) in [5.41, 5.74) is 1.51. The van der Waals surface area contributed by atoms with Gasteiger partial charge >= 0.3 is 0 Å². The first-order valence-electron chi connectivity index (χ1n) is 7.12. The van der Waals surface area contributed by atoms with Gasteiger partial charge in [-0.25, -0.2) is 0 Å². The fourth-order valence-electron chi connectivity index (χ4n) is 2.30. The van der Waals surface area contributed by atoms with Crippen LogP contribution in [0, 0.1) is 0 Å². The molecule has 1 aromatic rings. The molecule has 1 heterocycles. The third-order valence-electron chi connectivity index (χ3n) is 3.50. The molecule has 2 rings (SSSR count). The molecular formula is C16H21N3O2. The van der Waals surface area contributed by atoms with E-state index in [4.69, 9.17) is 0 Å². The second kappa shape index (κ2) is 7.04. The van der Waals surface area contributed by atoms with Crippen LogP contribution in [0.15, 0.2) is 30.3 Å². The number of amides is 2. The molecular weight excluding hydrogens is 266 g/mol. The zero-order chi connectivity index (χ0) is 15.2. The quantitative estimate of drug-likeness (QED) is 0.811. The Kier molecular flexibility index (Phi) is 5.11. The highest BCUT2D eigenvalue weighted by atomic mass is 16.2. The topological polar surface area (TPSA) is 61.4 Å². The first-order chi connectivity index (χ1) is 10.1. The molecule has 2 N–H and O–H groups in total. The van der Waals surface area contributed by atoms with Crippen LogP contribution >= 0.6 is 0 Å². The largest absolute Gasteiger partial charge is 0.355 e. The molecule has 21 heavy (non-hydrogen) atoms. The third kappa shape index (κ3) is 4.16. The molecule has 1 atom stereocenters. The predicted molar refractivity (Wildman–Crippen MR) is 82.9 cm³/mol. The second-order valence-electron chi connectivity index (χ2n) is 5.17. The molecule has 1 aliphatic rings. The lowest BCUT2D eigenvalue weighted by Gasteiger charge is -2.31. The van der Waals surface area contributed by atoms with E-state index in [1.165, 1.54) is 0 Å². The van der Waals surface area contributed by atoms with E-state index in [9.17, 15) is 9.59 Å². The van der Waals surface area contributed by atoms with E-state index in [1.54, 1.807) is 31.3 Å². The third-order valence-corrected chi connectivity index (χ3v) is 3.50. The lowest BCUT2D eigenvalue weighted by atomic mass is 10.1. The van der Waals surface area contributed by atoms with Crippen LogP contribution in [0.1, 0.15) is 22.8 Å². The van der Waals surface area contributed by atoms with Crippen molar-refractivity contribution < 1.29 is 9.59 Å². The van der Waals surface area contributed by atoms with Gasteiger partial charge < -0.3 is 15.5 Å². The van der Waals surface area contributed by atoms with Crippen LogP contribution in [0.4, 0.5) is 0 Å². The SMILES string of the molecule is CNC(=O)c1ccc(/C=C/C(=O)N2CCNC(C)C2)cc1. The standard InChI is InChI=1S/C16H21N3O2/c1-12-11-19(10-9-18-12)15(20)8-5-13-3-6-14(7-4-13)16(21)17-2/h3-8,12,18H,9-11H2,1-2H3,(H,17,21)/b8-5+. The van der Waals surface area contributed by atoms with Crippen molar-refractivity contribution in [3.63, 3.8) is 0 Å². The number of rotatable bonds is 3. The smallest absolute Gasteiger partial charge is 0.251 e. The fourth-order valence-corrected chi connectivity index (χ4v) is 2.30. The maximum absolute atomic E-state index is 12.1. The van der Waals surface area contributed by atoms with Crippen molar-refractivity contribution in [3.05, 3.63) is 41.5 Å². The Labute approximate surface area is 125 Å². The summed E-state index contributed by atoms with van der Waals surface area (Å²) in [6.07, 6.45) is 3.37. The van der Waals surface area contributed by atoms with Gasteiger partial charge in [-0.15, -0.1) is 0 Å². The highest BCUT2D eigenvalue weighted by Gasteiger charge is 2.18. The van der Waals surface area contributed by atoms with Gasteiger partial charge in [0.15, 0.2) is 0 Å². The fraction of sp³-hybridized carbons (Fsp3) is 0.375. The van der Waals surface area contributed by atoms with Crippen LogP contribution in [0.3, 0.4) is 0 Å². The Bertz CT molecular complexity index is 537. The average molecular weight is 287 g/mol. The lowest BCUT2D eigenvalue weighted by molar-refractivity contribution is -0.127. The molecule has 0 radical (unpaired) electrons. The molecule has 5 heteroatoms. The van der Waals surface area contributed by atoms with Gasteiger partial charge in [-0.2, -0.15) is 0 Å². The van der Waals surface area contributed by atoms with Gasteiger partial charge in [0.25, 0.3) is 5.91 Å². The Morgan fingerprint density at radius 2 is 2.05 bits per heavy atom. The van der Waals surface area contributed by atoms with Crippen molar-refractivity contribution in [3.8, 4) is 0 Å². The van der Waals surface area contributed by atoms with E-state index >= 15 is 0 Å². The Morgan fingerprint density at radius 1 is 1.33 bits per heavy atom. The van der Waals surface area contributed by atoms with Crippen molar-refractivity contribution in [2.45, 2.75) is 13.0 Å². The van der Waals surface area contributed by atoms with Crippen molar-refractivity contribution >= 4 is 17.9 Å². The number of nitrogens with one attached hydrogen (secondary N) is 2. The van der Waals surface area contributed by atoms with Gasteiger partial charge in [0, 0.05) is 44.4 Å². The molecule has 1 unspecified atom stereocenters. The Hall–Kier alpha value is -2.14. The molecule has 5 nitrogen and oxygen atoms in total. The van der Waals surface area contributed by atoms with Crippen LogP contribution in [0.25, 0.3) is 6.08 Å². The van der Waals surface area contributed by atoms with Gasteiger partial charge in [0.1, 0.15) is 0 Å². The molecule has 0 aliphatic carbocycles. The number of piperazine rings is 1. The van der Waals surface area contributed by atoms with E-state index in [0.29, 0.717) is 11.6 Å². The average Bonchev–Trinajstić information content (AvgIpc) is 2.52. The summed E-state index contributed by atoms with van der Waals surface area (Å²) in [7, 11) is 1.60. The molecule has 0 spiro atoms. The van der Waals surface area contributed by atoms with E-state index in [1.807, 2.05) is 17.0 Å². The van der Waals surface area contributed by atoms with Gasteiger partial charge in [0.05, 0.1) is 0 Å². The number of carbonyl (C=O) groups excluding carboxylic acids is 2. The minimum absolute atomic E-state index is 0.0266. The van der Waals surface area contributed by atoms with Gasteiger partial charge in [-0.05, 0) is 30.7 Å². The van der Waals surface area contributed by atoms with Crippen LogP contribution in [0.2, 0.25) is 0 Å². The predicted octanol–water partition coefficient (Wildman–Crippen LogP) is 0.880. The van der Waals surface area contributed by atoms with Crippen LogP contribution in [0.5, 0.6) is 0 Å². The van der Waals surface area contributed by atoms with Crippen LogP contribution in [-0.2, 0) is 4.79 Å². The zero-order valence-electron chi connectivity index (χ0n) is 12.4. The first-order valence-corrected chi connectivity index (χ1v) is 7.12. The van der Waals surface area contributed by atoms with E-state index < -0.39 is 0 Å². The Morgan fingerprint density at radius 3 is 2.67 bits per heavy atom. The minimum Gasteiger partial charge on any atom is -0.355 e. The minimum atomic E-state index is -0.114. The molecule has 2 amide bonds. The van der Waals surface area contributed by atoms with E-state index in [0.717, 1.165) is 25.2 Å². The van der Waals surface area contributed by atoms with Gasteiger partial charge in [-0.3, -0.25) is 9.59 Å². The van der Waals surface area contributed by atoms with Crippen molar-refractivity contribution in [2.24, 2.45) is 0 Å². The molecule has 0 saturated carbocycles. The monoisotopic (exact) mass is 287 g/mol. The summed E-state index contributed by atoms with van der Waals surface area (Å²) >= 11 is 0. The molecule has 1 fully saturated rings. The zero-order valence-corrected chi connectivity index (χ0v) is 12.4. The lowest BCUT2D eigenvalue weighted by Crippen LogP contribution is -2.50. The molecule has 1 aliphatic heterocycles. The molecule has 0 aromatic heterocycles. The summed E-state index contributed by atoms with van der Waals surface area (Å²) in [6, 6.07) is 7.48. The summed E-state index contributed by atoms with van der Waals surface area (Å²) < 4.78 is 0. The summed E-state index contributed by atoms with van der Waals surface area (Å²) in [6.45, 7) is 4.38. The van der Waals surface area contributed by atoms with E-state index in [2.05, 4.69) is 17.6 Å². The highest BCUT2D eigenvalue weighted by Crippen LogP contribution is 2.07. The van der Waals surface area contributed by atoms with Gasteiger partial charge in [0.2, 0.25) is 5.91 Å². The molecule has 1 saturated heterocycles. The maximum Gasteiger partial charge on any atom is 0.251 e. The number of hydrogen-bond acceptors (Lipinski definition) is 3. The van der Waals surface area contributed by atoms with Crippen molar-refractivity contribution in [2.75, 3.05) is 26.7 Å². The molecule has 0 bridgehead atoms. The summed E-state index contributed by atoms with van der Waals surface area (Å²) in [5.74, 6) is -0.0878. The molecule has 112 valence electrons.